The Morgan fingerprint density at radius 3 is 1.64 bits per heavy atom. The van der Waals surface area contributed by atoms with Crippen LogP contribution in [0.15, 0.2) is 0 Å². The Balaban J connectivity index is 5.31. The third-order valence-corrected chi connectivity index (χ3v) is 13.9. The fourth-order valence-corrected chi connectivity index (χ4v) is 14.0. The monoisotopic (exact) mass is 608 g/mol. The molecule has 11 heteroatoms. The normalized spacial score (nSPS) is 18.3. The number of carbonyl (C=O) groups is 1. The van der Waals surface area contributed by atoms with E-state index in [4.69, 9.17) is 4.74 Å². The Bertz CT molecular complexity index is 437. The summed E-state index contributed by atoms with van der Waals surface area (Å²) in [6.45, 7) is 2.81. The fourth-order valence-electron chi connectivity index (χ4n) is 2.05. The predicted octanol–water partition coefficient (Wildman–Crippen LogP) is 4.45. The number of rotatable bonds is 7. The van der Waals surface area contributed by atoms with E-state index in [2.05, 4.69) is 0 Å². The number of ether oxygens (including phenoxy) is 1. The third kappa shape index (κ3) is 6.54. The average Bonchev–Trinajstić information content (AvgIpc) is 2.34. The summed E-state index contributed by atoms with van der Waals surface area (Å²) in [5.41, 5.74) is -4.91. The summed E-state index contributed by atoms with van der Waals surface area (Å²) in [7, 11) is 0. The third-order valence-electron chi connectivity index (χ3n) is 3.63. The van der Waals surface area contributed by atoms with Crippen molar-refractivity contribution in [2.45, 2.75) is 52.2 Å². The fraction of sp³-hybridized carbons (Fsp3) is 0.929. The van der Waals surface area contributed by atoms with E-state index in [0.717, 1.165) is 6.92 Å². The molecule has 0 bridgehead atoms. The van der Waals surface area contributed by atoms with Gasteiger partial charge in [-0.2, -0.15) is 0 Å². The number of hydrogen-bond acceptors (Lipinski definition) is 3. The van der Waals surface area contributed by atoms with Gasteiger partial charge in [-0.25, -0.2) is 0 Å². The molecule has 0 aromatic rings. The SMILES string of the molecule is CC(CC(O)(C(F)(F)F)C(F)(F)F)OC(=O)C(C(C)I(C)C)I(C)C. The molecule has 3 nitrogen and oxygen atoms in total. The first kappa shape index (κ1) is 25.5. The van der Waals surface area contributed by atoms with Crippen molar-refractivity contribution in [3.63, 3.8) is 0 Å². The Morgan fingerprint density at radius 1 is 0.960 bits per heavy atom. The Hall–Kier alpha value is 0.470. The molecule has 0 radical (unpaired) electrons. The molecule has 0 saturated carbocycles. The van der Waals surface area contributed by atoms with E-state index in [0.29, 0.717) is 0 Å². The van der Waals surface area contributed by atoms with E-state index < -0.39 is 80.0 Å². The molecule has 0 aliphatic carbocycles. The van der Waals surface area contributed by atoms with Crippen LogP contribution in [-0.4, -0.2) is 62.7 Å². The van der Waals surface area contributed by atoms with Crippen molar-refractivity contribution in [1.29, 1.82) is 0 Å². The van der Waals surface area contributed by atoms with Gasteiger partial charge in [-0.05, 0) is 0 Å². The standard InChI is InChI=1S/C14H24F6I2O3/c1-8(7-12(24,13(15,16)17)14(18,19)20)25-11(23)10(22(5)6)9(2)21(3)4/h8-10,24H,7H2,1-6H3. The second-order valence-electron chi connectivity index (χ2n) is 6.02. The number of esters is 1. The quantitative estimate of drug-likeness (QED) is 0.201. The van der Waals surface area contributed by atoms with Gasteiger partial charge in [-0.3, -0.25) is 0 Å². The second-order valence-corrected chi connectivity index (χ2v) is 18.6. The Labute approximate surface area is 158 Å². The zero-order valence-electron chi connectivity index (χ0n) is 14.7. The van der Waals surface area contributed by atoms with Crippen LogP contribution in [0.4, 0.5) is 26.3 Å². The number of alkyl halides is 12. The predicted molar refractivity (Wildman–Crippen MR) is 102 cm³/mol. The van der Waals surface area contributed by atoms with Gasteiger partial charge in [0.25, 0.3) is 0 Å². The molecule has 154 valence electrons. The van der Waals surface area contributed by atoms with Crippen LogP contribution < -0.4 is 0 Å². The molecule has 0 saturated heterocycles. The average molecular weight is 608 g/mol. The zero-order chi connectivity index (χ0) is 20.4. The van der Waals surface area contributed by atoms with Crippen molar-refractivity contribution in [3.8, 4) is 0 Å². The minimum absolute atomic E-state index is 0.0493. The van der Waals surface area contributed by atoms with Gasteiger partial charge in [-0.1, -0.05) is 0 Å². The summed E-state index contributed by atoms with van der Waals surface area (Å²) in [5.74, 6) is -0.757. The Kier molecular flexibility index (Phi) is 9.28. The van der Waals surface area contributed by atoms with Crippen LogP contribution >= 0.6 is 39.6 Å². The van der Waals surface area contributed by atoms with Crippen molar-refractivity contribution in [2.75, 3.05) is 19.7 Å². The summed E-state index contributed by atoms with van der Waals surface area (Å²) < 4.78 is 80.8. The molecule has 0 aliphatic rings. The van der Waals surface area contributed by atoms with Crippen molar-refractivity contribution >= 4 is 45.6 Å². The van der Waals surface area contributed by atoms with Crippen molar-refractivity contribution in [2.24, 2.45) is 0 Å². The van der Waals surface area contributed by atoms with Crippen LogP contribution in [-0.2, 0) is 9.53 Å². The Morgan fingerprint density at radius 2 is 1.36 bits per heavy atom. The van der Waals surface area contributed by atoms with Crippen LogP contribution in [0, 0.1) is 0 Å². The summed E-state index contributed by atoms with van der Waals surface area (Å²) in [6, 6.07) is 0. The van der Waals surface area contributed by atoms with Gasteiger partial charge in [0.2, 0.25) is 0 Å². The van der Waals surface area contributed by atoms with Crippen LogP contribution in [0.5, 0.6) is 0 Å². The summed E-state index contributed by atoms with van der Waals surface area (Å²) in [6.07, 6.45) is -15.3. The molecule has 25 heavy (non-hydrogen) atoms. The molecule has 0 rings (SSSR count). The van der Waals surface area contributed by atoms with Gasteiger partial charge in [0.15, 0.2) is 0 Å². The first-order chi connectivity index (χ1) is 11.0. The molecule has 0 fully saturated rings. The number of aliphatic hydroxyl groups is 1. The molecule has 1 N–H and O–H groups in total. The van der Waals surface area contributed by atoms with Gasteiger partial charge in [0, 0.05) is 0 Å². The van der Waals surface area contributed by atoms with E-state index in [9.17, 15) is 36.2 Å². The molecule has 0 heterocycles. The molecule has 3 atom stereocenters. The molecule has 0 aromatic carbocycles. The van der Waals surface area contributed by atoms with Crippen LogP contribution in [0.2, 0.25) is 0 Å². The summed E-state index contributed by atoms with van der Waals surface area (Å²) in [5, 5.41) is 9.19. The molecule has 0 spiro atoms. The minimum atomic E-state index is -5.92. The van der Waals surface area contributed by atoms with E-state index in [1.807, 2.05) is 26.6 Å². The van der Waals surface area contributed by atoms with Crippen molar-refractivity contribution in [1.82, 2.24) is 0 Å². The van der Waals surface area contributed by atoms with E-state index in [1.165, 1.54) is 0 Å². The first-order valence-corrected chi connectivity index (χ1v) is 18.1. The first-order valence-electron chi connectivity index (χ1n) is 6.99. The summed E-state index contributed by atoms with van der Waals surface area (Å²) in [4.78, 5) is 20.2. The maximum atomic E-state index is 12.7. The topological polar surface area (TPSA) is 46.5 Å². The molecule has 0 amide bonds. The molecular formula is C14H24F6I2O3. The number of halogens is 8. The van der Waals surface area contributed by atoms with Crippen molar-refractivity contribution < 1.29 is 41.0 Å². The van der Waals surface area contributed by atoms with Gasteiger partial charge in [0.1, 0.15) is 0 Å². The second kappa shape index (κ2) is 9.11. The van der Waals surface area contributed by atoms with E-state index in [-0.39, 0.29) is 3.92 Å². The van der Waals surface area contributed by atoms with Crippen LogP contribution in [0.25, 0.3) is 0 Å². The van der Waals surface area contributed by atoms with Gasteiger partial charge in [-0.15, -0.1) is 0 Å². The molecular weight excluding hydrogens is 584 g/mol. The van der Waals surface area contributed by atoms with Crippen molar-refractivity contribution in [3.05, 3.63) is 0 Å². The van der Waals surface area contributed by atoms with Gasteiger partial charge in [0.05, 0.1) is 0 Å². The van der Waals surface area contributed by atoms with Crippen LogP contribution in [0.1, 0.15) is 20.3 Å². The maximum absolute atomic E-state index is 12.7. The van der Waals surface area contributed by atoms with Crippen LogP contribution in [0.3, 0.4) is 0 Å². The van der Waals surface area contributed by atoms with Gasteiger partial charge < -0.3 is 0 Å². The zero-order valence-corrected chi connectivity index (χ0v) is 19.0. The molecule has 3 unspecified atom stereocenters. The number of carbonyl (C=O) groups excluding carboxylic acids is 1. The summed E-state index contributed by atoms with van der Waals surface area (Å²) >= 11 is -3.18. The van der Waals surface area contributed by atoms with Gasteiger partial charge >= 0.3 is 158 Å². The van der Waals surface area contributed by atoms with E-state index >= 15 is 0 Å². The number of hydrogen-bond donors (Lipinski definition) is 1. The molecule has 0 aliphatic heterocycles. The van der Waals surface area contributed by atoms with E-state index in [1.54, 1.807) is 0 Å². The molecule has 0 aromatic heterocycles.